The number of aromatic amines is 1. The lowest BCUT2D eigenvalue weighted by Gasteiger charge is -2.21. The molecule has 0 bridgehead atoms. The van der Waals surface area contributed by atoms with E-state index in [0.29, 0.717) is 24.9 Å². The van der Waals surface area contributed by atoms with Crippen molar-refractivity contribution in [3.05, 3.63) is 46.2 Å². The average Bonchev–Trinajstić information content (AvgIpc) is 2.95. The molecule has 1 aliphatic rings. The first-order chi connectivity index (χ1) is 10.1. The van der Waals surface area contributed by atoms with Crippen molar-refractivity contribution in [1.82, 2.24) is 9.88 Å². The van der Waals surface area contributed by atoms with E-state index in [9.17, 15) is 14.4 Å². The minimum absolute atomic E-state index is 0.0122. The fraction of sp³-hybridized carbons (Fsp3) is 0.267. The number of carboxylic acid groups (broad SMARTS) is 1. The minimum Gasteiger partial charge on any atom is -0.480 e. The number of hydrogen-bond donors (Lipinski definition) is 2. The number of carboxylic acids is 1. The molecule has 0 saturated carbocycles. The van der Waals surface area contributed by atoms with Gasteiger partial charge in [0.2, 0.25) is 0 Å². The summed E-state index contributed by atoms with van der Waals surface area (Å²) in [7, 11) is 0. The largest absolute Gasteiger partial charge is 0.480 e. The van der Waals surface area contributed by atoms with Crippen LogP contribution in [0, 0.1) is 0 Å². The molecule has 0 aliphatic carbocycles. The van der Waals surface area contributed by atoms with Gasteiger partial charge in [0.25, 0.3) is 11.5 Å². The molecule has 1 amide bonds. The number of aliphatic carboxylic acids is 1. The summed E-state index contributed by atoms with van der Waals surface area (Å²) in [6.07, 6.45) is 1.06. The van der Waals surface area contributed by atoms with E-state index in [4.69, 9.17) is 5.11 Å². The molecule has 6 heteroatoms. The first-order valence-electron chi connectivity index (χ1n) is 6.74. The molecule has 2 N–H and O–H groups in total. The van der Waals surface area contributed by atoms with Crippen molar-refractivity contribution in [2.45, 2.75) is 18.9 Å². The summed E-state index contributed by atoms with van der Waals surface area (Å²) in [5, 5.41) is 9.88. The second kappa shape index (κ2) is 5.05. The van der Waals surface area contributed by atoms with Crippen molar-refractivity contribution < 1.29 is 14.7 Å². The first-order valence-corrected chi connectivity index (χ1v) is 6.74. The Hall–Kier alpha value is -2.63. The Morgan fingerprint density at radius 3 is 2.81 bits per heavy atom. The molecule has 2 heterocycles. The highest BCUT2D eigenvalue weighted by Crippen LogP contribution is 2.20. The van der Waals surface area contributed by atoms with Crippen LogP contribution in [-0.2, 0) is 4.79 Å². The smallest absolute Gasteiger partial charge is 0.326 e. The zero-order valence-electron chi connectivity index (χ0n) is 11.2. The summed E-state index contributed by atoms with van der Waals surface area (Å²) in [6.45, 7) is 0.363. The van der Waals surface area contributed by atoms with Crippen LogP contribution < -0.4 is 5.56 Å². The number of aromatic nitrogens is 1. The number of carbonyl (C=O) groups excluding carboxylic acids is 1. The topological polar surface area (TPSA) is 90.5 Å². The fourth-order valence-corrected chi connectivity index (χ4v) is 2.73. The van der Waals surface area contributed by atoms with Crippen molar-refractivity contribution >= 4 is 22.8 Å². The number of fused-ring (bicyclic) bond motifs is 1. The number of hydrogen-bond acceptors (Lipinski definition) is 3. The van der Waals surface area contributed by atoms with E-state index in [0.717, 1.165) is 5.39 Å². The number of amides is 1. The van der Waals surface area contributed by atoms with Gasteiger partial charge in [0.05, 0.1) is 0 Å². The third-order valence-electron chi connectivity index (χ3n) is 3.78. The lowest BCUT2D eigenvalue weighted by atomic mass is 10.1. The number of nitrogens with one attached hydrogen (secondary N) is 1. The maximum atomic E-state index is 12.5. The molecule has 1 saturated heterocycles. The molecule has 2 aromatic rings. The molecule has 1 aliphatic heterocycles. The quantitative estimate of drug-likeness (QED) is 0.868. The molecular formula is C15H14N2O4. The number of nitrogens with zero attached hydrogens (tertiary/aromatic N) is 1. The van der Waals surface area contributed by atoms with Gasteiger partial charge in [0.15, 0.2) is 0 Å². The van der Waals surface area contributed by atoms with Crippen LogP contribution >= 0.6 is 0 Å². The van der Waals surface area contributed by atoms with Crippen LogP contribution in [-0.4, -0.2) is 39.5 Å². The summed E-state index contributed by atoms with van der Waals surface area (Å²) in [6, 6.07) is 7.82. The standard InChI is InChI=1S/C15H14N2O4/c18-13-10(8-9-4-1-2-5-11(9)16-13)14(19)17-7-3-6-12(17)15(20)21/h1-2,4-5,8,12H,3,6-7H2,(H,16,18)(H,20,21). The highest BCUT2D eigenvalue weighted by atomic mass is 16.4. The van der Waals surface area contributed by atoms with Gasteiger partial charge in [0.1, 0.15) is 11.6 Å². The molecule has 108 valence electrons. The molecule has 0 spiro atoms. The molecule has 1 atom stereocenters. The Balaban J connectivity index is 2.03. The molecular weight excluding hydrogens is 272 g/mol. The molecule has 1 aromatic carbocycles. The molecule has 21 heavy (non-hydrogen) atoms. The summed E-state index contributed by atoms with van der Waals surface area (Å²) in [5.74, 6) is -1.55. The molecule has 6 nitrogen and oxygen atoms in total. The van der Waals surface area contributed by atoms with E-state index >= 15 is 0 Å². The number of pyridine rings is 1. The van der Waals surface area contributed by atoms with Crippen LogP contribution in [0.4, 0.5) is 0 Å². The van der Waals surface area contributed by atoms with Gasteiger partial charge in [-0.2, -0.15) is 0 Å². The molecule has 1 unspecified atom stereocenters. The van der Waals surface area contributed by atoms with Crippen molar-refractivity contribution in [2.75, 3.05) is 6.54 Å². The molecule has 1 aromatic heterocycles. The fourth-order valence-electron chi connectivity index (χ4n) is 2.73. The SMILES string of the molecule is O=C(O)C1CCCN1C(=O)c1cc2ccccc2[nH]c1=O. The highest BCUT2D eigenvalue weighted by Gasteiger charge is 2.35. The second-order valence-electron chi connectivity index (χ2n) is 5.09. The van der Waals surface area contributed by atoms with Crippen molar-refractivity contribution in [3.63, 3.8) is 0 Å². The maximum absolute atomic E-state index is 12.5. The summed E-state index contributed by atoms with van der Waals surface area (Å²) in [5.41, 5.74) is 0.145. The van der Waals surface area contributed by atoms with E-state index < -0.39 is 23.5 Å². The van der Waals surface area contributed by atoms with Crippen LogP contribution in [0.25, 0.3) is 10.9 Å². The second-order valence-corrected chi connectivity index (χ2v) is 5.09. The van der Waals surface area contributed by atoms with Crippen LogP contribution in [0.15, 0.2) is 35.1 Å². The summed E-state index contributed by atoms with van der Waals surface area (Å²) >= 11 is 0. The molecule has 1 fully saturated rings. The van der Waals surface area contributed by atoms with Crippen LogP contribution in [0.1, 0.15) is 23.2 Å². The Morgan fingerprint density at radius 1 is 1.29 bits per heavy atom. The number of carbonyl (C=O) groups is 2. The number of likely N-dealkylation sites (tertiary alicyclic amines) is 1. The predicted octanol–water partition coefficient (Wildman–Crippen LogP) is 1.22. The Bertz CT molecular complexity index is 781. The number of benzene rings is 1. The van der Waals surface area contributed by atoms with E-state index in [1.165, 1.54) is 11.0 Å². The zero-order valence-corrected chi connectivity index (χ0v) is 11.2. The Labute approximate surface area is 120 Å². The number of rotatable bonds is 2. The van der Waals surface area contributed by atoms with Crippen molar-refractivity contribution in [3.8, 4) is 0 Å². The molecule has 3 rings (SSSR count). The van der Waals surface area contributed by atoms with Crippen LogP contribution in [0.5, 0.6) is 0 Å². The van der Waals surface area contributed by atoms with Gasteiger partial charge in [-0.25, -0.2) is 4.79 Å². The molecule has 0 radical (unpaired) electrons. The number of H-pyrrole nitrogens is 1. The first kappa shape index (κ1) is 13.4. The average molecular weight is 286 g/mol. The number of para-hydroxylation sites is 1. The maximum Gasteiger partial charge on any atom is 0.326 e. The monoisotopic (exact) mass is 286 g/mol. The van der Waals surface area contributed by atoms with Gasteiger partial charge < -0.3 is 15.0 Å². The summed E-state index contributed by atoms with van der Waals surface area (Å²) in [4.78, 5) is 39.6. The van der Waals surface area contributed by atoms with Gasteiger partial charge >= 0.3 is 5.97 Å². The van der Waals surface area contributed by atoms with E-state index in [1.54, 1.807) is 18.2 Å². The predicted molar refractivity (Wildman–Crippen MR) is 76.3 cm³/mol. The van der Waals surface area contributed by atoms with Gasteiger partial charge in [-0.3, -0.25) is 9.59 Å². The van der Waals surface area contributed by atoms with Crippen molar-refractivity contribution in [1.29, 1.82) is 0 Å². The Kier molecular flexibility index (Phi) is 3.21. The normalized spacial score (nSPS) is 18.1. The van der Waals surface area contributed by atoms with E-state index in [-0.39, 0.29) is 5.56 Å². The third-order valence-corrected chi connectivity index (χ3v) is 3.78. The summed E-state index contributed by atoms with van der Waals surface area (Å²) < 4.78 is 0. The van der Waals surface area contributed by atoms with Crippen LogP contribution in [0.3, 0.4) is 0 Å². The third kappa shape index (κ3) is 2.29. The van der Waals surface area contributed by atoms with E-state index in [2.05, 4.69) is 4.98 Å². The highest BCUT2D eigenvalue weighted by molar-refractivity contribution is 5.99. The minimum atomic E-state index is -1.03. The Morgan fingerprint density at radius 2 is 2.05 bits per heavy atom. The van der Waals surface area contributed by atoms with E-state index in [1.807, 2.05) is 6.07 Å². The van der Waals surface area contributed by atoms with Gasteiger partial charge in [-0.15, -0.1) is 0 Å². The lowest BCUT2D eigenvalue weighted by Crippen LogP contribution is -2.42. The van der Waals surface area contributed by atoms with Crippen LogP contribution in [0.2, 0.25) is 0 Å². The van der Waals surface area contributed by atoms with Crippen molar-refractivity contribution in [2.24, 2.45) is 0 Å². The van der Waals surface area contributed by atoms with Gasteiger partial charge in [-0.1, -0.05) is 18.2 Å². The van der Waals surface area contributed by atoms with Gasteiger partial charge in [0, 0.05) is 12.1 Å². The lowest BCUT2D eigenvalue weighted by molar-refractivity contribution is -0.141. The zero-order chi connectivity index (χ0) is 15.0. The van der Waals surface area contributed by atoms with Gasteiger partial charge in [-0.05, 0) is 30.4 Å².